The molecule has 0 amide bonds. The van der Waals surface area contributed by atoms with Crippen molar-refractivity contribution in [2.24, 2.45) is 0 Å². The summed E-state index contributed by atoms with van der Waals surface area (Å²) in [6.45, 7) is 2.36. The molecule has 1 aliphatic heterocycles. The number of fused-ring (bicyclic) bond motifs is 3. The molecule has 0 saturated heterocycles. The zero-order chi connectivity index (χ0) is 24.6. The van der Waals surface area contributed by atoms with E-state index in [0.29, 0.717) is 41.4 Å². The quantitative estimate of drug-likeness (QED) is 0.394. The van der Waals surface area contributed by atoms with E-state index in [9.17, 15) is 8.42 Å². The molecule has 0 atom stereocenters. The first kappa shape index (κ1) is 22.8. The van der Waals surface area contributed by atoms with Crippen LogP contribution < -0.4 is 23.7 Å². The number of methoxy groups -OCH3 is 2. The van der Waals surface area contributed by atoms with Crippen LogP contribution >= 0.6 is 0 Å². The molecule has 182 valence electrons. The lowest BCUT2D eigenvalue weighted by atomic mass is 10.0. The van der Waals surface area contributed by atoms with Gasteiger partial charge in [-0.2, -0.15) is 0 Å². The van der Waals surface area contributed by atoms with Gasteiger partial charge in [0.05, 0.1) is 20.8 Å². The van der Waals surface area contributed by atoms with E-state index in [1.54, 1.807) is 18.3 Å². The summed E-state index contributed by atoms with van der Waals surface area (Å²) in [6, 6.07) is 10.1. The maximum atomic E-state index is 13.4. The highest BCUT2D eigenvalue weighted by Crippen LogP contribution is 2.45. The van der Waals surface area contributed by atoms with Gasteiger partial charge in [0.2, 0.25) is 5.88 Å². The van der Waals surface area contributed by atoms with Gasteiger partial charge in [-0.1, -0.05) is 17.3 Å². The number of pyridine rings is 1. The first-order valence-electron chi connectivity index (χ1n) is 10.8. The van der Waals surface area contributed by atoms with Gasteiger partial charge >= 0.3 is 0 Å². The highest BCUT2D eigenvalue weighted by molar-refractivity contribution is 7.93. The maximum absolute atomic E-state index is 13.4. The minimum Gasteiger partial charge on any atom is -0.495 e. The summed E-state index contributed by atoms with van der Waals surface area (Å²) >= 11 is 0. The van der Waals surface area contributed by atoms with Crippen molar-refractivity contribution in [2.45, 2.75) is 24.7 Å². The molecule has 0 aliphatic carbocycles. The second-order valence-corrected chi connectivity index (χ2v) is 9.48. The number of ether oxygens (including phenoxy) is 4. The fourth-order valence-electron chi connectivity index (χ4n) is 4.01. The summed E-state index contributed by atoms with van der Waals surface area (Å²) in [5.74, 6) is 1.69. The molecule has 1 aliphatic rings. The van der Waals surface area contributed by atoms with E-state index >= 15 is 0 Å². The molecule has 0 bridgehead atoms. The summed E-state index contributed by atoms with van der Waals surface area (Å²) in [6.07, 6.45) is 3.10. The van der Waals surface area contributed by atoms with Gasteiger partial charge in [0, 0.05) is 23.4 Å². The van der Waals surface area contributed by atoms with E-state index < -0.39 is 10.0 Å². The Morgan fingerprint density at radius 2 is 1.83 bits per heavy atom. The SMILES string of the molecule is COc1cccc(OC)c1S(=O)(=O)Nc1noc2cc(Oc3ncccc3C)c3c(c12)OCCC3. The van der Waals surface area contributed by atoms with Gasteiger partial charge < -0.3 is 23.5 Å². The summed E-state index contributed by atoms with van der Waals surface area (Å²) in [5, 5.41) is 4.40. The van der Waals surface area contributed by atoms with Crippen LogP contribution in [0.15, 0.2) is 52.0 Å². The lowest BCUT2D eigenvalue weighted by Crippen LogP contribution is -2.16. The fraction of sp³-hybridized carbons (Fsp3) is 0.250. The topological polar surface area (TPSA) is 122 Å². The average molecular weight is 498 g/mol. The predicted octanol–water partition coefficient (Wildman–Crippen LogP) is 4.47. The van der Waals surface area contributed by atoms with Crippen molar-refractivity contribution in [3.8, 4) is 28.9 Å². The van der Waals surface area contributed by atoms with Crippen molar-refractivity contribution in [3.63, 3.8) is 0 Å². The van der Waals surface area contributed by atoms with E-state index in [2.05, 4.69) is 14.9 Å². The Hall–Kier alpha value is -3.99. The summed E-state index contributed by atoms with van der Waals surface area (Å²) < 4.78 is 57.4. The van der Waals surface area contributed by atoms with Crippen LogP contribution in [-0.2, 0) is 16.4 Å². The number of aromatic nitrogens is 2. The Bertz CT molecular complexity index is 1490. The third kappa shape index (κ3) is 4.08. The summed E-state index contributed by atoms with van der Waals surface area (Å²) in [7, 11) is -1.40. The molecule has 5 rings (SSSR count). The third-order valence-corrected chi connectivity index (χ3v) is 7.05. The number of nitrogens with zero attached hydrogens (tertiary/aromatic N) is 2. The standard InChI is InChI=1S/C24H23N3O7S/c1-14-7-5-11-25-24(14)33-18-13-19-20(21-15(18)8-6-12-32-21)23(26-34-19)27-35(28,29)22-16(30-2)9-4-10-17(22)31-3/h4-5,7,9-11,13H,6,8,12H2,1-3H3,(H,26,27). The molecular weight excluding hydrogens is 474 g/mol. The molecule has 0 spiro atoms. The first-order chi connectivity index (χ1) is 16.9. The molecule has 11 heteroatoms. The molecule has 0 fully saturated rings. The normalized spacial score (nSPS) is 13.1. The first-order valence-corrected chi connectivity index (χ1v) is 12.3. The van der Waals surface area contributed by atoms with Crippen molar-refractivity contribution >= 4 is 26.8 Å². The molecule has 2 aromatic heterocycles. The number of benzene rings is 2. The molecular formula is C24H23N3O7S. The van der Waals surface area contributed by atoms with Gasteiger partial charge in [-0.3, -0.25) is 4.72 Å². The monoisotopic (exact) mass is 497 g/mol. The van der Waals surface area contributed by atoms with Gasteiger partial charge in [-0.25, -0.2) is 13.4 Å². The fourth-order valence-corrected chi connectivity index (χ4v) is 5.34. The molecule has 4 aromatic rings. The second-order valence-electron chi connectivity index (χ2n) is 7.86. The Morgan fingerprint density at radius 1 is 1.06 bits per heavy atom. The molecule has 0 radical (unpaired) electrons. The smallest absolute Gasteiger partial charge is 0.270 e. The highest BCUT2D eigenvalue weighted by Gasteiger charge is 2.30. The van der Waals surface area contributed by atoms with Crippen molar-refractivity contribution in [2.75, 3.05) is 25.5 Å². The number of hydrogen-bond donors (Lipinski definition) is 1. The number of nitrogens with one attached hydrogen (secondary N) is 1. The molecule has 2 aromatic carbocycles. The zero-order valence-corrected chi connectivity index (χ0v) is 20.1. The molecule has 10 nitrogen and oxygen atoms in total. The lowest BCUT2D eigenvalue weighted by Gasteiger charge is -2.21. The number of rotatable bonds is 7. The molecule has 0 unspecified atom stereocenters. The van der Waals surface area contributed by atoms with Gasteiger partial charge in [-0.15, -0.1) is 0 Å². The van der Waals surface area contributed by atoms with Gasteiger partial charge in [-0.05, 0) is 38.0 Å². The van der Waals surface area contributed by atoms with E-state index in [4.69, 9.17) is 23.5 Å². The highest BCUT2D eigenvalue weighted by atomic mass is 32.2. The number of aryl methyl sites for hydroxylation is 1. The zero-order valence-electron chi connectivity index (χ0n) is 19.3. The Kier molecular flexibility index (Phi) is 5.85. The van der Waals surface area contributed by atoms with Crippen molar-refractivity contribution in [1.29, 1.82) is 0 Å². The largest absolute Gasteiger partial charge is 0.495 e. The van der Waals surface area contributed by atoms with E-state index in [1.807, 2.05) is 19.1 Å². The van der Waals surface area contributed by atoms with Gasteiger partial charge in [0.15, 0.2) is 16.3 Å². The van der Waals surface area contributed by atoms with Crippen molar-refractivity contribution < 1.29 is 31.9 Å². The Labute approximate surface area is 201 Å². The Balaban J connectivity index is 1.61. The number of sulfonamides is 1. The van der Waals surface area contributed by atoms with Crippen LogP contribution in [0.3, 0.4) is 0 Å². The van der Waals surface area contributed by atoms with Crippen molar-refractivity contribution in [3.05, 3.63) is 53.7 Å². The van der Waals surface area contributed by atoms with E-state index in [-0.39, 0.29) is 22.2 Å². The van der Waals surface area contributed by atoms with E-state index in [0.717, 1.165) is 17.5 Å². The molecule has 0 saturated carbocycles. The van der Waals surface area contributed by atoms with Gasteiger partial charge in [0.1, 0.15) is 28.4 Å². The maximum Gasteiger partial charge on any atom is 0.270 e. The van der Waals surface area contributed by atoms with Crippen LogP contribution in [0.5, 0.6) is 28.9 Å². The summed E-state index contributed by atoms with van der Waals surface area (Å²) in [5.41, 5.74) is 1.96. The van der Waals surface area contributed by atoms with Crippen LogP contribution in [0.1, 0.15) is 17.5 Å². The molecule has 1 N–H and O–H groups in total. The second kappa shape index (κ2) is 8.99. The average Bonchev–Trinajstić information content (AvgIpc) is 3.26. The third-order valence-electron chi connectivity index (χ3n) is 5.65. The number of anilines is 1. The summed E-state index contributed by atoms with van der Waals surface area (Å²) in [4.78, 5) is 4.15. The molecule has 35 heavy (non-hydrogen) atoms. The van der Waals surface area contributed by atoms with E-state index in [1.165, 1.54) is 26.4 Å². The van der Waals surface area contributed by atoms with Crippen LogP contribution in [0.2, 0.25) is 0 Å². The van der Waals surface area contributed by atoms with Crippen LogP contribution in [0.25, 0.3) is 11.0 Å². The van der Waals surface area contributed by atoms with Crippen LogP contribution in [0, 0.1) is 6.92 Å². The lowest BCUT2D eigenvalue weighted by molar-refractivity contribution is 0.288. The van der Waals surface area contributed by atoms with Gasteiger partial charge in [0.25, 0.3) is 10.0 Å². The molecule has 3 heterocycles. The van der Waals surface area contributed by atoms with Crippen LogP contribution in [0.4, 0.5) is 5.82 Å². The predicted molar refractivity (Wildman–Crippen MR) is 127 cm³/mol. The number of hydrogen-bond acceptors (Lipinski definition) is 9. The Morgan fingerprint density at radius 3 is 2.54 bits per heavy atom. The minimum absolute atomic E-state index is 0.00771. The van der Waals surface area contributed by atoms with Crippen molar-refractivity contribution in [1.82, 2.24) is 10.1 Å². The van der Waals surface area contributed by atoms with Crippen LogP contribution in [-0.4, -0.2) is 39.4 Å². The minimum atomic E-state index is -4.17.